The summed E-state index contributed by atoms with van der Waals surface area (Å²) in [7, 11) is -4.11. The van der Waals surface area contributed by atoms with Crippen molar-refractivity contribution >= 4 is 55.1 Å². The van der Waals surface area contributed by atoms with Gasteiger partial charge in [-0.15, -0.1) is 0 Å². The molecule has 0 spiro atoms. The van der Waals surface area contributed by atoms with Crippen molar-refractivity contribution in [2.24, 2.45) is 0 Å². The second-order valence-electron chi connectivity index (χ2n) is 8.02. The van der Waals surface area contributed by atoms with Crippen molar-refractivity contribution in [2.75, 3.05) is 17.4 Å². The van der Waals surface area contributed by atoms with Crippen LogP contribution in [0.15, 0.2) is 88.2 Å². The summed E-state index contributed by atoms with van der Waals surface area (Å²) in [5.74, 6) is -0.840. The fourth-order valence-electron chi connectivity index (χ4n) is 3.55. The molecule has 0 heterocycles. The van der Waals surface area contributed by atoms with Gasteiger partial charge in [-0.1, -0.05) is 57.9 Å². The third kappa shape index (κ3) is 6.87. The Kier molecular flexibility index (Phi) is 9.53. The van der Waals surface area contributed by atoms with Crippen LogP contribution in [0.4, 0.5) is 5.69 Å². The molecule has 0 bridgehead atoms. The predicted molar refractivity (Wildman–Crippen MR) is 145 cm³/mol. The van der Waals surface area contributed by atoms with Gasteiger partial charge in [0.25, 0.3) is 10.0 Å². The van der Waals surface area contributed by atoms with Gasteiger partial charge in [0, 0.05) is 22.6 Å². The lowest BCUT2D eigenvalue weighted by Crippen LogP contribution is -2.51. The van der Waals surface area contributed by atoms with E-state index in [1.54, 1.807) is 44.2 Å². The van der Waals surface area contributed by atoms with E-state index >= 15 is 0 Å². The van der Waals surface area contributed by atoms with E-state index in [0.29, 0.717) is 17.3 Å². The molecule has 1 N–H and O–H groups in total. The van der Waals surface area contributed by atoms with E-state index in [-0.39, 0.29) is 17.3 Å². The number of benzene rings is 3. The van der Waals surface area contributed by atoms with Crippen molar-refractivity contribution in [1.82, 2.24) is 10.2 Å². The number of nitrogens with one attached hydrogen (secondary N) is 1. The Labute approximate surface area is 225 Å². The molecule has 0 aliphatic rings. The van der Waals surface area contributed by atoms with Crippen molar-refractivity contribution in [3.05, 3.63) is 93.9 Å². The lowest BCUT2D eigenvalue weighted by Gasteiger charge is -2.32. The lowest BCUT2D eigenvalue weighted by molar-refractivity contribution is -0.139. The van der Waals surface area contributed by atoms with Gasteiger partial charge in [0.15, 0.2) is 0 Å². The van der Waals surface area contributed by atoms with Crippen LogP contribution >= 0.6 is 27.5 Å². The average Bonchev–Trinajstić information content (AvgIpc) is 2.87. The highest BCUT2D eigenvalue weighted by Gasteiger charge is 2.32. The zero-order chi connectivity index (χ0) is 26.3. The summed E-state index contributed by atoms with van der Waals surface area (Å²) < 4.78 is 29.2. The standard InChI is InChI=1S/C26H27BrClN3O4S/c1-3-29-26(33)19(2)30(17-20-9-11-21(27)12-10-20)25(32)18-31(23-7-5-4-6-8-23)36(34,35)24-15-13-22(28)14-16-24/h4-16,19H,3,17-18H2,1-2H3,(H,29,33)/t19-/m0/s1. The van der Waals surface area contributed by atoms with Crippen LogP contribution in [0.1, 0.15) is 19.4 Å². The molecule has 10 heteroatoms. The third-order valence-electron chi connectivity index (χ3n) is 5.51. The minimum atomic E-state index is -4.11. The summed E-state index contributed by atoms with van der Waals surface area (Å²) >= 11 is 9.35. The van der Waals surface area contributed by atoms with Crippen LogP contribution < -0.4 is 9.62 Å². The molecule has 3 rings (SSSR count). The molecule has 0 fully saturated rings. The molecule has 0 radical (unpaired) electrons. The normalized spacial score (nSPS) is 12.0. The van der Waals surface area contributed by atoms with E-state index in [1.807, 2.05) is 24.3 Å². The van der Waals surface area contributed by atoms with Crippen molar-refractivity contribution in [1.29, 1.82) is 0 Å². The number of carbonyl (C=O) groups is 2. The summed E-state index contributed by atoms with van der Waals surface area (Å²) in [6.07, 6.45) is 0. The number of halogens is 2. The highest BCUT2D eigenvalue weighted by atomic mass is 79.9. The highest BCUT2D eigenvalue weighted by molar-refractivity contribution is 9.10. The summed E-state index contributed by atoms with van der Waals surface area (Å²) in [5, 5.41) is 3.13. The first kappa shape index (κ1) is 27.7. The van der Waals surface area contributed by atoms with Gasteiger partial charge in [0.05, 0.1) is 10.6 Å². The summed E-state index contributed by atoms with van der Waals surface area (Å²) in [6.45, 7) is 3.47. The van der Waals surface area contributed by atoms with Crippen LogP contribution in [-0.4, -0.2) is 44.3 Å². The number of amides is 2. The number of hydrogen-bond acceptors (Lipinski definition) is 4. The van der Waals surface area contributed by atoms with Crippen LogP contribution in [0, 0.1) is 0 Å². The molecule has 2 amide bonds. The first-order valence-corrected chi connectivity index (χ1v) is 13.9. The SMILES string of the molecule is CCNC(=O)[C@H](C)N(Cc1ccc(Br)cc1)C(=O)CN(c1ccccc1)S(=O)(=O)c1ccc(Cl)cc1. The van der Waals surface area contributed by atoms with E-state index in [4.69, 9.17) is 11.6 Å². The molecular weight excluding hydrogens is 566 g/mol. The van der Waals surface area contributed by atoms with Gasteiger partial charge in [0.1, 0.15) is 12.6 Å². The first-order chi connectivity index (χ1) is 17.1. The molecular formula is C26H27BrClN3O4S. The Hall–Kier alpha value is -2.88. The fourth-order valence-corrected chi connectivity index (χ4v) is 5.35. The number of nitrogens with zero attached hydrogens (tertiary/aromatic N) is 2. The van der Waals surface area contributed by atoms with E-state index < -0.39 is 28.5 Å². The maximum absolute atomic E-state index is 13.7. The van der Waals surface area contributed by atoms with Gasteiger partial charge in [-0.2, -0.15) is 0 Å². The molecule has 0 aliphatic heterocycles. The Balaban J connectivity index is 1.99. The Morgan fingerprint density at radius 1 is 0.972 bits per heavy atom. The van der Waals surface area contributed by atoms with Gasteiger partial charge < -0.3 is 10.2 Å². The average molecular weight is 593 g/mol. The molecule has 0 unspecified atom stereocenters. The molecule has 0 aromatic heterocycles. The Bertz CT molecular complexity index is 1290. The van der Waals surface area contributed by atoms with Gasteiger partial charge in [-0.05, 0) is 67.9 Å². The summed E-state index contributed by atoms with van der Waals surface area (Å²) in [5.41, 5.74) is 1.13. The monoisotopic (exact) mass is 591 g/mol. The third-order valence-corrected chi connectivity index (χ3v) is 8.08. The number of hydrogen-bond donors (Lipinski definition) is 1. The number of anilines is 1. The van der Waals surface area contributed by atoms with Gasteiger partial charge in [-0.3, -0.25) is 13.9 Å². The largest absolute Gasteiger partial charge is 0.355 e. The van der Waals surface area contributed by atoms with Crippen molar-refractivity contribution < 1.29 is 18.0 Å². The first-order valence-electron chi connectivity index (χ1n) is 11.3. The van der Waals surface area contributed by atoms with E-state index in [0.717, 1.165) is 14.3 Å². The van der Waals surface area contributed by atoms with E-state index in [2.05, 4.69) is 21.2 Å². The van der Waals surface area contributed by atoms with Crippen LogP contribution in [0.2, 0.25) is 5.02 Å². The lowest BCUT2D eigenvalue weighted by atomic mass is 10.1. The quantitative estimate of drug-likeness (QED) is 0.365. The van der Waals surface area contributed by atoms with E-state index in [9.17, 15) is 18.0 Å². The van der Waals surface area contributed by atoms with Crippen molar-refractivity contribution in [3.8, 4) is 0 Å². The highest BCUT2D eigenvalue weighted by Crippen LogP contribution is 2.25. The molecule has 7 nitrogen and oxygen atoms in total. The molecule has 0 saturated carbocycles. The summed E-state index contributed by atoms with van der Waals surface area (Å²) in [4.78, 5) is 27.8. The second-order valence-corrected chi connectivity index (χ2v) is 11.2. The second kappa shape index (κ2) is 12.4. The molecule has 3 aromatic rings. The van der Waals surface area contributed by atoms with Gasteiger partial charge in [0.2, 0.25) is 11.8 Å². The maximum atomic E-state index is 13.7. The molecule has 36 heavy (non-hydrogen) atoms. The zero-order valence-electron chi connectivity index (χ0n) is 19.9. The Morgan fingerprint density at radius 2 is 1.58 bits per heavy atom. The number of para-hydroxylation sites is 1. The number of carbonyl (C=O) groups excluding carboxylic acids is 2. The smallest absolute Gasteiger partial charge is 0.264 e. The van der Waals surface area contributed by atoms with Crippen LogP contribution in [0.3, 0.4) is 0 Å². The van der Waals surface area contributed by atoms with Crippen LogP contribution in [0.25, 0.3) is 0 Å². The number of rotatable bonds is 10. The topological polar surface area (TPSA) is 86.8 Å². The maximum Gasteiger partial charge on any atom is 0.264 e. The van der Waals surface area contributed by atoms with E-state index in [1.165, 1.54) is 29.2 Å². The summed E-state index contributed by atoms with van der Waals surface area (Å²) in [6, 6.07) is 20.7. The molecule has 0 saturated heterocycles. The van der Waals surface area contributed by atoms with Crippen molar-refractivity contribution in [3.63, 3.8) is 0 Å². The van der Waals surface area contributed by atoms with Crippen molar-refractivity contribution in [2.45, 2.75) is 31.3 Å². The molecule has 0 aliphatic carbocycles. The minimum absolute atomic E-state index is 0.000197. The van der Waals surface area contributed by atoms with Crippen LogP contribution in [0.5, 0.6) is 0 Å². The molecule has 3 aromatic carbocycles. The molecule has 1 atom stereocenters. The number of likely N-dealkylation sites (N-methyl/N-ethyl adjacent to an activating group) is 1. The van der Waals surface area contributed by atoms with Gasteiger partial charge in [-0.25, -0.2) is 8.42 Å². The number of sulfonamides is 1. The fraction of sp³-hybridized carbons (Fsp3) is 0.231. The van der Waals surface area contributed by atoms with Gasteiger partial charge >= 0.3 is 0 Å². The minimum Gasteiger partial charge on any atom is -0.355 e. The van der Waals surface area contributed by atoms with Crippen LogP contribution in [-0.2, 0) is 26.2 Å². The zero-order valence-corrected chi connectivity index (χ0v) is 23.1. The predicted octanol–water partition coefficient (Wildman–Crippen LogP) is 4.85. The molecule has 190 valence electrons. The Morgan fingerprint density at radius 3 is 2.17 bits per heavy atom.